The number of rotatable bonds is 5. The Bertz CT molecular complexity index is 973. The van der Waals surface area contributed by atoms with Crippen molar-refractivity contribution in [3.63, 3.8) is 0 Å². The van der Waals surface area contributed by atoms with E-state index < -0.39 is 11.9 Å². The number of phenolic OH excluding ortho intramolecular Hbond substituents is 1. The number of hydrogen-bond donors (Lipinski definition) is 2. The van der Waals surface area contributed by atoms with Gasteiger partial charge in [0.15, 0.2) is 0 Å². The van der Waals surface area contributed by atoms with Crippen molar-refractivity contribution in [1.29, 1.82) is 5.26 Å². The number of anilines is 1. The molecule has 1 heterocycles. The van der Waals surface area contributed by atoms with Gasteiger partial charge < -0.3 is 15.2 Å². The van der Waals surface area contributed by atoms with Gasteiger partial charge in [-0.2, -0.15) is 5.26 Å². The Morgan fingerprint density at radius 1 is 1.41 bits per heavy atom. The van der Waals surface area contributed by atoms with E-state index in [9.17, 15) is 20.0 Å². The SMILES string of the molecule is CCOC(=O)c1c(NC(=O)/C(C#N)=C/c2cc(Cl)ccc2O)sc(C)c1C. The second-order valence-corrected chi connectivity index (χ2v) is 7.20. The quantitative estimate of drug-likeness (QED) is 0.435. The standard InChI is InChI=1S/C19H17ClN2O4S/c1-4-26-19(25)16-10(2)11(3)27-18(16)22-17(24)13(9-21)7-12-8-14(20)5-6-15(12)23/h5-8,23H,4H2,1-3H3,(H,22,24)/b13-7+. The molecule has 0 fully saturated rings. The van der Waals surface area contributed by atoms with E-state index in [1.165, 1.54) is 35.6 Å². The fourth-order valence-electron chi connectivity index (χ4n) is 2.28. The number of carbonyl (C=O) groups is 2. The largest absolute Gasteiger partial charge is 0.507 e. The molecule has 0 aliphatic heterocycles. The average Bonchev–Trinajstić information content (AvgIpc) is 2.89. The highest BCUT2D eigenvalue weighted by molar-refractivity contribution is 7.16. The Hall–Kier alpha value is -2.82. The minimum atomic E-state index is -0.705. The zero-order chi connectivity index (χ0) is 20.1. The molecule has 0 unspecified atom stereocenters. The predicted octanol–water partition coefficient (Wildman–Crippen LogP) is 4.45. The van der Waals surface area contributed by atoms with E-state index in [0.29, 0.717) is 15.6 Å². The molecule has 0 aliphatic carbocycles. The molecule has 1 aromatic carbocycles. The molecule has 0 aliphatic rings. The summed E-state index contributed by atoms with van der Waals surface area (Å²) < 4.78 is 5.04. The van der Waals surface area contributed by atoms with Crippen LogP contribution in [-0.2, 0) is 9.53 Å². The highest BCUT2D eigenvalue weighted by Crippen LogP contribution is 2.33. The van der Waals surface area contributed by atoms with Crippen molar-refractivity contribution in [1.82, 2.24) is 0 Å². The summed E-state index contributed by atoms with van der Waals surface area (Å²) >= 11 is 7.11. The number of halogens is 1. The van der Waals surface area contributed by atoms with Crippen LogP contribution in [0.4, 0.5) is 5.00 Å². The van der Waals surface area contributed by atoms with Gasteiger partial charge in [0, 0.05) is 15.5 Å². The number of carbonyl (C=O) groups excluding carboxylic acids is 2. The number of aryl methyl sites for hydroxylation is 1. The number of nitrogens with one attached hydrogen (secondary N) is 1. The minimum absolute atomic E-state index is 0.116. The monoisotopic (exact) mass is 404 g/mol. The Labute approximate surface area is 165 Å². The van der Waals surface area contributed by atoms with Crippen molar-refractivity contribution >= 4 is 45.9 Å². The van der Waals surface area contributed by atoms with Crippen LogP contribution in [0.2, 0.25) is 5.02 Å². The van der Waals surface area contributed by atoms with Gasteiger partial charge in [-0.3, -0.25) is 4.79 Å². The fraction of sp³-hybridized carbons (Fsp3) is 0.211. The molecule has 2 aromatic rings. The number of nitriles is 1. The Balaban J connectivity index is 2.37. The van der Waals surface area contributed by atoms with Gasteiger partial charge in [-0.15, -0.1) is 11.3 Å². The minimum Gasteiger partial charge on any atom is -0.507 e. The zero-order valence-electron chi connectivity index (χ0n) is 14.9. The molecule has 140 valence electrons. The number of hydrogen-bond acceptors (Lipinski definition) is 6. The van der Waals surface area contributed by atoms with E-state index in [0.717, 1.165) is 4.88 Å². The number of esters is 1. The van der Waals surface area contributed by atoms with Crippen LogP contribution in [0.25, 0.3) is 6.08 Å². The maximum Gasteiger partial charge on any atom is 0.341 e. The molecular formula is C19H17ClN2O4S. The summed E-state index contributed by atoms with van der Waals surface area (Å²) in [5.74, 6) is -1.36. The fourth-order valence-corrected chi connectivity index (χ4v) is 3.50. The molecule has 0 radical (unpaired) electrons. The number of benzene rings is 1. The van der Waals surface area contributed by atoms with Crippen LogP contribution in [-0.4, -0.2) is 23.6 Å². The lowest BCUT2D eigenvalue weighted by Gasteiger charge is -2.07. The first kappa shape index (κ1) is 20.5. The summed E-state index contributed by atoms with van der Waals surface area (Å²) in [5, 5.41) is 22.5. The maximum absolute atomic E-state index is 12.5. The van der Waals surface area contributed by atoms with Crippen molar-refractivity contribution in [2.45, 2.75) is 20.8 Å². The van der Waals surface area contributed by atoms with E-state index in [1.54, 1.807) is 19.9 Å². The third-order valence-corrected chi connectivity index (χ3v) is 5.10. The summed E-state index contributed by atoms with van der Waals surface area (Å²) in [6.45, 7) is 5.48. The van der Waals surface area contributed by atoms with E-state index in [4.69, 9.17) is 16.3 Å². The molecule has 0 bridgehead atoms. The first-order chi connectivity index (χ1) is 12.8. The number of thiophene rings is 1. The molecule has 2 N–H and O–H groups in total. The van der Waals surface area contributed by atoms with Gasteiger partial charge in [0.2, 0.25) is 0 Å². The maximum atomic E-state index is 12.5. The molecule has 6 nitrogen and oxygen atoms in total. The summed E-state index contributed by atoms with van der Waals surface area (Å²) in [6.07, 6.45) is 1.23. The van der Waals surface area contributed by atoms with Gasteiger partial charge in [0.05, 0.1) is 12.2 Å². The van der Waals surface area contributed by atoms with Crippen LogP contribution < -0.4 is 5.32 Å². The molecule has 27 heavy (non-hydrogen) atoms. The van der Waals surface area contributed by atoms with Crippen LogP contribution in [0.15, 0.2) is 23.8 Å². The number of aromatic hydroxyl groups is 1. The van der Waals surface area contributed by atoms with E-state index >= 15 is 0 Å². The summed E-state index contributed by atoms with van der Waals surface area (Å²) in [4.78, 5) is 25.6. The summed E-state index contributed by atoms with van der Waals surface area (Å²) in [5.41, 5.74) is 0.976. The van der Waals surface area contributed by atoms with Crippen molar-refractivity contribution in [3.05, 3.63) is 50.4 Å². The highest BCUT2D eigenvalue weighted by atomic mass is 35.5. The first-order valence-corrected chi connectivity index (χ1v) is 9.16. The van der Waals surface area contributed by atoms with Crippen LogP contribution in [0.3, 0.4) is 0 Å². The lowest BCUT2D eigenvalue weighted by atomic mass is 10.1. The molecule has 1 amide bonds. The lowest BCUT2D eigenvalue weighted by molar-refractivity contribution is -0.112. The number of nitrogens with zero attached hydrogens (tertiary/aromatic N) is 1. The van der Waals surface area contributed by atoms with E-state index in [-0.39, 0.29) is 29.1 Å². The average molecular weight is 405 g/mol. The Kier molecular flexibility index (Phi) is 6.61. The van der Waals surface area contributed by atoms with Crippen molar-refractivity contribution < 1.29 is 19.4 Å². The Morgan fingerprint density at radius 3 is 2.74 bits per heavy atom. The molecule has 0 atom stereocenters. The predicted molar refractivity (Wildman–Crippen MR) is 105 cm³/mol. The molecule has 1 aromatic heterocycles. The smallest absolute Gasteiger partial charge is 0.341 e. The highest BCUT2D eigenvalue weighted by Gasteiger charge is 2.23. The van der Waals surface area contributed by atoms with Crippen LogP contribution >= 0.6 is 22.9 Å². The van der Waals surface area contributed by atoms with Gasteiger partial charge in [-0.1, -0.05) is 11.6 Å². The third kappa shape index (κ3) is 4.67. The van der Waals surface area contributed by atoms with Crippen LogP contribution in [0.5, 0.6) is 5.75 Å². The summed E-state index contributed by atoms with van der Waals surface area (Å²) in [6, 6.07) is 6.09. The molecule has 0 saturated carbocycles. The topological polar surface area (TPSA) is 99.4 Å². The van der Waals surface area contributed by atoms with Crippen LogP contribution in [0.1, 0.15) is 33.3 Å². The number of ether oxygens (including phenoxy) is 1. The van der Waals surface area contributed by atoms with Crippen molar-refractivity contribution in [2.24, 2.45) is 0 Å². The van der Waals surface area contributed by atoms with Gasteiger partial charge in [-0.05, 0) is 50.6 Å². The molecule has 0 spiro atoms. The number of amides is 1. The first-order valence-electron chi connectivity index (χ1n) is 7.97. The molecule has 8 heteroatoms. The normalized spacial score (nSPS) is 11.0. The third-order valence-electron chi connectivity index (χ3n) is 3.75. The second kappa shape index (κ2) is 8.71. The van der Waals surface area contributed by atoms with Crippen molar-refractivity contribution in [2.75, 3.05) is 11.9 Å². The second-order valence-electron chi connectivity index (χ2n) is 5.53. The summed E-state index contributed by atoms with van der Waals surface area (Å²) in [7, 11) is 0. The van der Waals surface area contributed by atoms with Gasteiger partial charge in [0.25, 0.3) is 5.91 Å². The number of phenols is 1. The Morgan fingerprint density at radius 2 is 2.11 bits per heavy atom. The van der Waals surface area contributed by atoms with E-state index in [2.05, 4.69) is 5.32 Å². The molecule has 2 rings (SSSR count). The van der Waals surface area contributed by atoms with E-state index in [1.807, 2.05) is 6.92 Å². The molecule has 0 saturated heterocycles. The van der Waals surface area contributed by atoms with Crippen molar-refractivity contribution in [3.8, 4) is 11.8 Å². The van der Waals surface area contributed by atoms with Crippen LogP contribution in [0, 0.1) is 25.2 Å². The van der Waals surface area contributed by atoms with Gasteiger partial charge in [-0.25, -0.2) is 4.79 Å². The van der Waals surface area contributed by atoms with Gasteiger partial charge >= 0.3 is 5.97 Å². The zero-order valence-corrected chi connectivity index (χ0v) is 16.5. The van der Waals surface area contributed by atoms with Gasteiger partial charge in [0.1, 0.15) is 22.4 Å². The molecular weight excluding hydrogens is 388 g/mol. The lowest BCUT2D eigenvalue weighted by Crippen LogP contribution is -2.16.